The summed E-state index contributed by atoms with van der Waals surface area (Å²) in [7, 11) is -2.10. The van der Waals surface area contributed by atoms with Crippen molar-refractivity contribution < 1.29 is 13.2 Å². The van der Waals surface area contributed by atoms with Crippen molar-refractivity contribution in [3.8, 4) is 5.75 Å². The third kappa shape index (κ3) is 4.16. The van der Waals surface area contributed by atoms with E-state index in [9.17, 15) is 8.42 Å². The van der Waals surface area contributed by atoms with Crippen LogP contribution in [0.15, 0.2) is 45.9 Å². The number of nitrogens with zero attached hydrogens (tertiary/aromatic N) is 1. The third-order valence-corrected chi connectivity index (χ3v) is 5.18. The van der Waals surface area contributed by atoms with Crippen LogP contribution in [0.2, 0.25) is 5.15 Å². The van der Waals surface area contributed by atoms with E-state index < -0.39 is 10.0 Å². The number of halogens is 2. The summed E-state index contributed by atoms with van der Waals surface area (Å²) in [5, 5.41) is 0.210. The smallest absolute Gasteiger partial charge is 0.242 e. The monoisotopic (exact) mass is 390 g/mol. The summed E-state index contributed by atoms with van der Waals surface area (Å²) in [5.41, 5.74) is 0.791. The lowest BCUT2D eigenvalue weighted by molar-refractivity contribution is 0.414. The quantitative estimate of drug-likeness (QED) is 0.796. The second kappa shape index (κ2) is 6.74. The van der Waals surface area contributed by atoms with Gasteiger partial charge in [-0.1, -0.05) is 23.7 Å². The van der Waals surface area contributed by atoms with Crippen molar-refractivity contribution >= 4 is 37.6 Å². The first-order valence-corrected chi connectivity index (χ1v) is 8.51. The van der Waals surface area contributed by atoms with E-state index in [1.54, 1.807) is 31.4 Å². The molecular weight excluding hydrogens is 380 g/mol. The van der Waals surface area contributed by atoms with Crippen LogP contribution in [0.5, 0.6) is 5.75 Å². The number of aromatic nitrogens is 1. The molecule has 0 bridgehead atoms. The van der Waals surface area contributed by atoms with Gasteiger partial charge in [0.15, 0.2) is 0 Å². The highest BCUT2D eigenvalue weighted by Gasteiger charge is 2.16. The number of rotatable bonds is 5. The molecule has 0 aliphatic heterocycles. The van der Waals surface area contributed by atoms with Crippen molar-refractivity contribution in [3.63, 3.8) is 0 Å². The minimum atomic E-state index is -3.66. The standard InChI is InChI=1S/C13H12BrClN2O3S/c1-20-10-4-2-3-9(5-10)7-17-21(18,19)11-6-12(14)13(15)16-8-11/h2-6,8,17H,7H2,1H3. The van der Waals surface area contributed by atoms with Crippen molar-refractivity contribution in [2.24, 2.45) is 0 Å². The Labute approximate surface area is 136 Å². The zero-order valence-electron chi connectivity index (χ0n) is 11.0. The zero-order chi connectivity index (χ0) is 15.5. The Balaban J connectivity index is 2.15. The molecule has 0 atom stereocenters. The molecule has 0 aliphatic carbocycles. The molecule has 8 heteroatoms. The average Bonchev–Trinajstić information content (AvgIpc) is 2.48. The van der Waals surface area contributed by atoms with Gasteiger partial charge in [-0.25, -0.2) is 18.1 Å². The predicted molar refractivity (Wildman–Crippen MR) is 84.0 cm³/mol. The second-order valence-corrected chi connectivity index (χ2v) is 7.10. The van der Waals surface area contributed by atoms with E-state index in [2.05, 4.69) is 25.6 Å². The Hall–Kier alpha value is -1.15. The largest absolute Gasteiger partial charge is 0.497 e. The Morgan fingerprint density at radius 2 is 2.14 bits per heavy atom. The molecule has 0 amide bonds. The highest BCUT2D eigenvalue weighted by Crippen LogP contribution is 2.22. The SMILES string of the molecule is COc1cccc(CNS(=O)(=O)c2cnc(Cl)c(Br)c2)c1. The van der Waals surface area contributed by atoms with E-state index in [4.69, 9.17) is 16.3 Å². The third-order valence-electron chi connectivity index (χ3n) is 2.68. The molecule has 0 spiro atoms. The first-order chi connectivity index (χ1) is 9.92. The van der Waals surface area contributed by atoms with Gasteiger partial charge in [0.1, 0.15) is 15.8 Å². The van der Waals surface area contributed by atoms with Crippen LogP contribution >= 0.6 is 27.5 Å². The molecular formula is C13H12BrClN2O3S. The first kappa shape index (κ1) is 16.2. The number of nitrogens with one attached hydrogen (secondary N) is 1. The van der Waals surface area contributed by atoms with Gasteiger partial charge in [-0.05, 0) is 39.7 Å². The van der Waals surface area contributed by atoms with Crippen LogP contribution in [-0.4, -0.2) is 20.5 Å². The van der Waals surface area contributed by atoms with E-state index in [1.807, 2.05) is 0 Å². The average molecular weight is 392 g/mol. The zero-order valence-corrected chi connectivity index (χ0v) is 14.2. The number of pyridine rings is 1. The minimum Gasteiger partial charge on any atom is -0.497 e. The van der Waals surface area contributed by atoms with Gasteiger partial charge in [0.2, 0.25) is 10.0 Å². The Kier molecular flexibility index (Phi) is 5.21. The maximum atomic E-state index is 12.2. The van der Waals surface area contributed by atoms with Gasteiger partial charge in [0, 0.05) is 12.7 Å². The molecule has 2 aromatic rings. The second-order valence-electron chi connectivity index (χ2n) is 4.12. The Morgan fingerprint density at radius 3 is 2.81 bits per heavy atom. The molecule has 1 aromatic heterocycles. The van der Waals surface area contributed by atoms with Crippen LogP contribution in [0.25, 0.3) is 0 Å². The molecule has 1 heterocycles. The summed E-state index contributed by atoms with van der Waals surface area (Å²) < 4.78 is 32.4. The molecule has 0 radical (unpaired) electrons. The van der Waals surface area contributed by atoms with Crippen molar-refractivity contribution in [1.29, 1.82) is 0 Å². The van der Waals surface area contributed by atoms with Crippen molar-refractivity contribution in [2.45, 2.75) is 11.4 Å². The number of hydrogen-bond acceptors (Lipinski definition) is 4. The molecule has 0 saturated carbocycles. The van der Waals surface area contributed by atoms with Crippen LogP contribution in [0, 0.1) is 0 Å². The van der Waals surface area contributed by atoms with Crippen LogP contribution in [0.1, 0.15) is 5.56 Å². The van der Waals surface area contributed by atoms with E-state index in [-0.39, 0.29) is 16.6 Å². The number of hydrogen-bond donors (Lipinski definition) is 1. The fourth-order valence-electron chi connectivity index (χ4n) is 1.59. The fourth-order valence-corrected chi connectivity index (χ4v) is 3.19. The van der Waals surface area contributed by atoms with Gasteiger partial charge in [-0.15, -0.1) is 0 Å². The molecule has 21 heavy (non-hydrogen) atoms. The van der Waals surface area contributed by atoms with Gasteiger partial charge in [-0.2, -0.15) is 0 Å². The van der Waals surface area contributed by atoms with E-state index in [0.29, 0.717) is 10.2 Å². The predicted octanol–water partition coefficient (Wildman–Crippen LogP) is 2.98. The summed E-state index contributed by atoms with van der Waals surface area (Å²) in [6, 6.07) is 8.56. The normalized spacial score (nSPS) is 11.4. The topological polar surface area (TPSA) is 68.3 Å². The first-order valence-electron chi connectivity index (χ1n) is 5.86. The fraction of sp³-hybridized carbons (Fsp3) is 0.154. The molecule has 112 valence electrons. The van der Waals surface area contributed by atoms with Gasteiger partial charge >= 0.3 is 0 Å². The van der Waals surface area contributed by atoms with Crippen molar-refractivity contribution in [2.75, 3.05) is 7.11 Å². The minimum absolute atomic E-state index is 0.0432. The maximum absolute atomic E-state index is 12.2. The highest BCUT2D eigenvalue weighted by atomic mass is 79.9. The summed E-state index contributed by atoms with van der Waals surface area (Å²) >= 11 is 8.90. The van der Waals surface area contributed by atoms with Crippen LogP contribution in [0.3, 0.4) is 0 Å². The lowest BCUT2D eigenvalue weighted by atomic mass is 10.2. The van der Waals surface area contributed by atoms with E-state index in [0.717, 1.165) is 5.56 Å². The summed E-state index contributed by atoms with van der Waals surface area (Å²) in [5.74, 6) is 0.669. The summed E-state index contributed by atoms with van der Waals surface area (Å²) in [4.78, 5) is 3.85. The molecule has 2 rings (SSSR count). The number of ether oxygens (including phenoxy) is 1. The van der Waals surface area contributed by atoms with Gasteiger partial charge in [0.05, 0.1) is 11.6 Å². The van der Waals surface area contributed by atoms with Crippen LogP contribution in [0.4, 0.5) is 0 Å². The molecule has 0 fully saturated rings. The summed E-state index contributed by atoms with van der Waals surface area (Å²) in [6.45, 7) is 0.153. The lowest BCUT2D eigenvalue weighted by Crippen LogP contribution is -2.23. The van der Waals surface area contributed by atoms with Crippen LogP contribution in [-0.2, 0) is 16.6 Å². The van der Waals surface area contributed by atoms with Gasteiger partial charge in [0.25, 0.3) is 0 Å². The molecule has 5 nitrogen and oxygen atoms in total. The Morgan fingerprint density at radius 1 is 1.38 bits per heavy atom. The van der Waals surface area contributed by atoms with Crippen LogP contribution < -0.4 is 9.46 Å². The number of methoxy groups -OCH3 is 1. The molecule has 0 unspecified atom stereocenters. The van der Waals surface area contributed by atoms with Gasteiger partial charge < -0.3 is 4.74 Å². The molecule has 1 N–H and O–H groups in total. The van der Waals surface area contributed by atoms with E-state index in [1.165, 1.54) is 12.3 Å². The summed E-state index contributed by atoms with van der Waals surface area (Å²) in [6.07, 6.45) is 1.21. The number of benzene rings is 1. The molecule has 0 saturated heterocycles. The maximum Gasteiger partial charge on any atom is 0.242 e. The van der Waals surface area contributed by atoms with Crippen molar-refractivity contribution in [1.82, 2.24) is 9.71 Å². The number of sulfonamides is 1. The Bertz CT molecular complexity index is 753. The van der Waals surface area contributed by atoms with E-state index >= 15 is 0 Å². The lowest BCUT2D eigenvalue weighted by Gasteiger charge is -2.08. The molecule has 1 aromatic carbocycles. The van der Waals surface area contributed by atoms with Gasteiger partial charge in [-0.3, -0.25) is 0 Å². The van der Waals surface area contributed by atoms with Crippen molar-refractivity contribution in [3.05, 3.63) is 51.7 Å². The molecule has 0 aliphatic rings. The highest BCUT2D eigenvalue weighted by molar-refractivity contribution is 9.10.